The van der Waals surface area contributed by atoms with Crippen LogP contribution in [0.4, 0.5) is 10.1 Å². The molecule has 0 fully saturated rings. The van der Waals surface area contributed by atoms with Crippen molar-refractivity contribution >= 4 is 33.6 Å². The topological polar surface area (TPSA) is 127 Å². The van der Waals surface area contributed by atoms with E-state index in [0.29, 0.717) is 16.9 Å². The van der Waals surface area contributed by atoms with Gasteiger partial charge in [-0.1, -0.05) is 48.5 Å². The first-order chi connectivity index (χ1) is 19.1. The minimum atomic E-state index is -4.27. The number of para-hydroxylation sites is 1. The van der Waals surface area contributed by atoms with Gasteiger partial charge in [0.05, 0.1) is 11.1 Å². The van der Waals surface area contributed by atoms with Crippen LogP contribution in [0.5, 0.6) is 0 Å². The summed E-state index contributed by atoms with van der Waals surface area (Å²) in [4.78, 5) is 28.7. The highest BCUT2D eigenvalue weighted by atomic mass is 32.2. The van der Waals surface area contributed by atoms with E-state index in [1.54, 1.807) is 68.4 Å². The van der Waals surface area contributed by atoms with Crippen molar-refractivity contribution in [3.63, 3.8) is 0 Å². The first kappa shape index (κ1) is 28.3. The molecular weight excluding hydrogens is 535 g/mol. The summed E-state index contributed by atoms with van der Waals surface area (Å²) in [5.74, 6) is -3.63. The summed E-state index contributed by atoms with van der Waals surface area (Å²) in [6.45, 7) is 3.45. The SMILES string of the molecule is CC(C)N(C(=O)C(Cc1nnnn1-c1ccccc1)C(=O)NS(=O)(=O)/C=C/c1ccccc1)c1ccc(F)cc1. The maximum atomic E-state index is 13.9. The fraction of sp³-hybridized carbons (Fsp3) is 0.179. The third-order valence-corrected chi connectivity index (χ3v) is 6.86. The highest BCUT2D eigenvalue weighted by Crippen LogP contribution is 2.23. The van der Waals surface area contributed by atoms with E-state index in [9.17, 15) is 22.4 Å². The fourth-order valence-electron chi connectivity index (χ4n) is 4.00. The van der Waals surface area contributed by atoms with Crippen molar-refractivity contribution in [3.05, 3.63) is 108 Å². The molecule has 0 bridgehead atoms. The second kappa shape index (κ2) is 12.4. The molecule has 1 N–H and O–H groups in total. The van der Waals surface area contributed by atoms with Crippen molar-refractivity contribution in [1.82, 2.24) is 24.9 Å². The maximum absolute atomic E-state index is 13.9. The zero-order valence-electron chi connectivity index (χ0n) is 21.8. The second-order valence-corrected chi connectivity index (χ2v) is 10.7. The van der Waals surface area contributed by atoms with Gasteiger partial charge in [0.25, 0.3) is 10.0 Å². The predicted octanol–water partition coefficient (Wildman–Crippen LogP) is 3.52. The standard InChI is InChI=1S/C28H27FN6O4S/c1-20(2)34(23-15-13-22(29)14-16-23)28(37)25(19-26-30-32-33-35(26)24-11-7-4-8-12-24)27(36)31-40(38,39)18-17-21-9-5-3-6-10-21/h3-18,20,25H,19H2,1-2H3,(H,31,36)/b18-17+. The van der Waals surface area contributed by atoms with Crippen LogP contribution < -0.4 is 9.62 Å². The van der Waals surface area contributed by atoms with Crippen molar-refractivity contribution in [2.75, 3.05) is 4.90 Å². The van der Waals surface area contributed by atoms with Crippen LogP contribution in [0.15, 0.2) is 90.3 Å². The van der Waals surface area contributed by atoms with Crippen LogP contribution in [0, 0.1) is 11.7 Å². The van der Waals surface area contributed by atoms with Gasteiger partial charge in [0.1, 0.15) is 11.7 Å². The molecule has 4 rings (SSSR count). The average molecular weight is 563 g/mol. The Labute approximate surface area is 231 Å². The summed E-state index contributed by atoms with van der Waals surface area (Å²) in [5, 5.41) is 12.5. The molecule has 0 saturated carbocycles. The molecule has 0 aliphatic rings. The van der Waals surface area contributed by atoms with E-state index in [2.05, 4.69) is 15.5 Å². The first-order valence-electron chi connectivity index (χ1n) is 12.4. The molecule has 1 atom stereocenters. The van der Waals surface area contributed by atoms with E-state index < -0.39 is 39.6 Å². The van der Waals surface area contributed by atoms with Gasteiger partial charge < -0.3 is 4.90 Å². The van der Waals surface area contributed by atoms with Crippen LogP contribution in [0.3, 0.4) is 0 Å². The number of nitrogens with one attached hydrogen (secondary N) is 1. The quantitative estimate of drug-likeness (QED) is 0.293. The Balaban J connectivity index is 1.68. The lowest BCUT2D eigenvalue weighted by Crippen LogP contribution is -2.48. The van der Waals surface area contributed by atoms with Gasteiger partial charge in [-0.05, 0) is 72.3 Å². The van der Waals surface area contributed by atoms with Crippen molar-refractivity contribution in [2.24, 2.45) is 5.92 Å². The van der Waals surface area contributed by atoms with Gasteiger partial charge in [-0.15, -0.1) is 5.10 Å². The number of amides is 2. The summed E-state index contributed by atoms with van der Waals surface area (Å²) < 4.78 is 42.6. The van der Waals surface area contributed by atoms with E-state index in [-0.39, 0.29) is 12.2 Å². The summed E-state index contributed by atoms with van der Waals surface area (Å²) >= 11 is 0. The molecule has 1 heterocycles. The van der Waals surface area contributed by atoms with E-state index in [1.807, 2.05) is 10.8 Å². The zero-order chi connectivity index (χ0) is 28.7. The molecule has 0 aliphatic carbocycles. The van der Waals surface area contributed by atoms with Gasteiger partial charge in [0.2, 0.25) is 11.8 Å². The van der Waals surface area contributed by atoms with Crippen LogP contribution in [0.25, 0.3) is 11.8 Å². The monoisotopic (exact) mass is 562 g/mol. The lowest BCUT2D eigenvalue weighted by atomic mass is 10.0. The number of carbonyl (C=O) groups is 2. The molecule has 0 radical (unpaired) electrons. The van der Waals surface area contributed by atoms with Gasteiger partial charge in [0, 0.05) is 18.2 Å². The van der Waals surface area contributed by atoms with Crippen LogP contribution in [0.1, 0.15) is 25.2 Å². The van der Waals surface area contributed by atoms with E-state index in [1.165, 1.54) is 39.9 Å². The van der Waals surface area contributed by atoms with Gasteiger partial charge in [0.15, 0.2) is 5.82 Å². The number of carbonyl (C=O) groups excluding carboxylic acids is 2. The van der Waals surface area contributed by atoms with Crippen LogP contribution in [-0.4, -0.2) is 46.5 Å². The van der Waals surface area contributed by atoms with Crippen molar-refractivity contribution in [3.8, 4) is 5.69 Å². The molecule has 2 amide bonds. The van der Waals surface area contributed by atoms with E-state index in [0.717, 1.165) is 5.41 Å². The Hall–Kier alpha value is -4.71. The summed E-state index contributed by atoms with van der Waals surface area (Å²) in [7, 11) is -4.27. The number of hydrogen-bond acceptors (Lipinski definition) is 7. The highest BCUT2D eigenvalue weighted by molar-refractivity contribution is 7.93. The van der Waals surface area contributed by atoms with E-state index in [4.69, 9.17) is 0 Å². The van der Waals surface area contributed by atoms with Crippen molar-refractivity contribution in [1.29, 1.82) is 0 Å². The molecule has 3 aromatic carbocycles. The number of hydrogen-bond donors (Lipinski definition) is 1. The largest absolute Gasteiger partial charge is 0.309 e. The number of nitrogens with zero attached hydrogens (tertiary/aromatic N) is 5. The predicted molar refractivity (Wildman–Crippen MR) is 148 cm³/mol. The normalized spacial score (nSPS) is 12.4. The van der Waals surface area contributed by atoms with Gasteiger partial charge in [-0.3, -0.25) is 9.59 Å². The number of tetrazole rings is 1. The molecule has 206 valence electrons. The molecule has 0 spiro atoms. The zero-order valence-corrected chi connectivity index (χ0v) is 22.6. The molecule has 1 unspecified atom stereocenters. The molecule has 12 heteroatoms. The second-order valence-electron chi connectivity index (χ2n) is 9.10. The Bertz CT molecular complexity index is 1590. The van der Waals surface area contributed by atoms with Gasteiger partial charge >= 0.3 is 0 Å². The highest BCUT2D eigenvalue weighted by Gasteiger charge is 2.36. The third-order valence-electron chi connectivity index (χ3n) is 5.88. The molecule has 4 aromatic rings. The smallest absolute Gasteiger partial charge is 0.257 e. The summed E-state index contributed by atoms with van der Waals surface area (Å²) in [6, 6.07) is 22.3. The van der Waals surface area contributed by atoms with E-state index >= 15 is 0 Å². The molecule has 40 heavy (non-hydrogen) atoms. The third kappa shape index (κ3) is 7.03. The summed E-state index contributed by atoms with van der Waals surface area (Å²) in [6.07, 6.45) is 1.02. The minimum Gasteiger partial charge on any atom is -0.309 e. The molecular formula is C28H27FN6O4S. The number of halogens is 1. The first-order valence-corrected chi connectivity index (χ1v) is 13.9. The lowest BCUT2D eigenvalue weighted by Gasteiger charge is -2.30. The van der Waals surface area contributed by atoms with Crippen LogP contribution >= 0.6 is 0 Å². The molecule has 0 aliphatic heterocycles. The Morgan fingerprint density at radius 1 is 0.975 bits per heavy atom. The lowest BCUT2D eigenvalue weighted by molar-refractivity contribution is -0.132. The van der Waals surface area contributed by atoms with Gasteiger partial charge in [-0.2, -0.15) is 4.68 Å². The number of sulfonamides is 1. The molecule has 10 nitrogen and oxygen atoms in total. The minimum absolute atomic E-state index is 0.166. The van der Waals surface area contributed by atoms with Gasteiger partial charge in [-0.25, -0.2) is 17.5 Å². The number of rotatable bonds is 10. The molecule has 1 aromatic heterocycles. The average Bonchev–Trinajstić information content (AvgIpc) is 3.41. The summed E-state index contributed by atoms with van der Waals surface area (Å²) in [5.41, 5.74) is 1.54. The van der Waals surface area contributed by atoms with Crippen molar-refractivity contribution < 1.29 is 22.4 Å². The Morgan fingerprint density at radius 3 is 2.23 bits per heavy atom. The van der Waals surface area contributed by atoms with Crippen LogP contribution in [0.2, 0.25) is 0 Å². The fourth-order valence-corrected chi connectivity index (χ4v) is 4.83. The molecule has 0 saturated heterocycles. The number of anilines is 1. The Morgan fingerprint density at radius 2 is 1.60 bits per heavy atom. The Kier molecular flexibility index (Phi) is 8.80. The van der Waals surface area contributed by atoms with Crippen molar-refractivity contribution in [2.45, 2.75) is 26.3 Å². The maximum Gasteiger partial charge on any atom is 0.257 e. The number of benzene rings is 3. The number of aromatic nitrogens is 4. The van der Waals surface area contributed by atoms with Crippen LogP contribution in [-0.2, 0) is 26.0 Å².